The van der Waals surface area contributed by atoms with Crippen LogP contribution in [0.15, 0.2) is 41.6 Å². The van der Waals surface area contributed by atoms with Gasteiger partial charge in [-0.15, -0.1) is 0 Å². The average Bonchev–Trinajstić information content (AvgIpc) is 2.77. The standard InChI is InChI=1S/C20H19F5N2O5S/c21-19(22,20(23,24)25)6-5-14-11-27-16(12-26-14)13-1-3-15(4-2-13)33(30,31)18(17(28)29)7-9-32-10-8-18/h1-4,11-12H,5-10H2,(H,28,29). The SMILES string of the molecule is O=C(O)C1(S(=O)(=O)c2ccc(-c3cnc(CCC(F)(F)C(F)(F)F)cn3)cc2)CCOCC1. The maximum absolute atomic E-state index is 13.1. The lowest BCUT2D eigenvalue weighted by Gasteiger charge is -2.32. The van der Waals surface area contributed by atoms with E-state index in [-0.39, 0.29) is 42.3 Å². The van der Waals surface area contributed by atoms with Crippen LogP contribution in [0.1, 0.15) is 25.0 Å². The molecule has 0 aliphatic carbocycles. The Morgan fingerprint density at radius 3 is 2.12 bits per heavy atom. The summed E-state index contributed by atoms with van der Waals surface area (Å²) in [5, 5.41) is 9.62. The molecule has 0 amide bonds. The number of carboxylic acid groups (broad SMARTS) is 1. The van der Waals surface area contributed by atoms with Gasteiger partial charge in [-0.1, -0.05) is 12.1 Å². The van der Waals surface area contributed by atoms with Crippen molar-refractivity contribution < 1.29 is 45.0 Å². The van der Waals surface area contributed by atoms with Gasteiger partial charge in [-0.3, -0.25) is 14.8 Å². The average molecular weight is 494 g/mol. The summed E-state index contributed by atoms with van der Waals surface area (Å²) >= 11 is 0. The van der Waals surface area contributed by atoms with Crippen molar-refractivity contribution in [2.75, 3.05) is 13.2 Å². The summed E-state index contributed by atoms with van der Waals surface area (Å²) in [5.74, 6) is -6.29. The van der Waals surface area contributed by atoms with Crippen molar-refractivity contribution in [2.24, 2.45) is 0 Å². The molecule has 180 valence electrons. The van der Waals surface area contributed by atoms with Crippen LogP contribution in [0, 0.1) is 0 Å². The number of benzene rings is 1. The second-order valence-corrected chi connectivity index (χ2v) is 9.79. The van der Waals surface area contributed by atoms with E-state index in [0.717, 1.165) is 6.20 Å². The molecule has 1 aromatic heterocycles. The Kier molecular flexibility index (Phi) is 6.76. The molecule has 0 saturated carbocycles. The van der Waals surface area contributed by atoms with Crippen LogP contribution in [0.4, 0.5) is 22.0 Å². The number of hydrogen-bond acceptors (Lipinski definition) is 6. The van der Waals surface area contributed by atoms with Gasteiger partial charge >= 0.3 is 18.1 Å². The first kappa shape index (κ1) is 25.0. The molecule has 1 aromatic carbocycles. The van der Waals surface area contributed by atoms with Gasteiger partial charge in [-0.2, -0.15) is 22.0 Å². The normalized spacial score (nSPS) is 17.0. The minimum absolute atomic E-state index is 0.000451. The third-order valence-electron chi connectivity index (χ3n) is 5.48. The minimum atomic E-state index is -5.65. The van der Waals surface area contributed by atoms with E-state index in [1.54, 1.807) is 0 Å². The zero-order valence-corrected chi connectivity index (χ0v) is 17.8. The monoisotopic (exact) mass is 494 g/mol. The Morgan fingerprint density at radius 2 is 1.64 bits per heavy atom. The number of alkyl halides is 5. The molecule has 2 heterocycles. The van der Waals surface area contributed by atoms with Crippen molar-refractivity contribution in [2.45, 2.75) is 47.4 Å². The summed E-state index contributed by atoms with van der Waals surface area (Å²) in [6, 6.07) is 5.21. The van der Waals surface area contributed by atoms with Crippen molar-refractivity contribution in [1.29, 1.82) is 0 Å². The zero-order valence-electron chi connectivity index (χ0n) is 17.0. The van der Waals surface area contributed by atoms with Crippen LogP contribution >= 0.6 is 0 Å². The Bertz CT molecular complexity index is 1100. The molecular weight excluding hydrogens is 475 g/mol. The van der Waals surface area contributed by atoms with E-state index in [4.69, 9.17) is 4.74 Å². The van der Waals surface area contributed by atoms with E-state index in [2.05, 4.69) is 9.97 Å². The summed E-state index contributed by atoms with van der Waals surface area (Å²) in [6.07, 6.45) is -5.90. The lowest BCUT2D eigenvalue weighted by atomic mass is 9.99. The van der Waals surface area contributed by atoms with Gasteiger partial charge in [-0.25, -0.2) is 8.42 Å². The molecule has 0 spiro atoms. The maximum atomic E-state index is 13.1. The number of hydrogen-bond donors (Lipinski definition) is 1. The van der Waals surface area contributed by atoms with Crippen molar-refractivity contribution in [1.82, 2.24) is 9.97 Å². The van der Waals surface area contributed by atoms with Gasteiger partial charge in [0.25, 0.3) is 0 Å². The molecule has 0 unspecified atom stereocenters. The van der Waals surface area contributed by atoms with E-state index >= 15 is 0 Å². The van der Waals surface area contributed by atoms with Gasteiger partial charge in [0, 0.05) is 44.2 Å². The number of sulfone groups is 1. The minimum Gasteiger partial charge on any atom is -0.480 e. The molecule has 2 aromatic rings. The zero-order chi connectivity index (χ0) is 24.5. The Hall–Kier alpha value is -2.67. The van der Waals surface area contributed by atoms with Crippen molar-refractivity contribution in [3.8, 4) is 11.3 Å². The van der Waals surface area contributed by atoms with E-state index in [1.165, 1.54) is 30.5 Å². The topological polar surface area (TPSA) is 106 Å². The second kappa shape index (κ2) is 8.93. The number of nitrogens with zero attached hydrogens (tertiary/aromatic N) is 2. The molecule has 1 fully saturated rings. The number of carbonyl (C=O) groups is 1. The van der Waals surface area contributed by atoms with Gasteiger partial charge < -0.3 is 9.84 Å². The first-order chi connectivity index (χ1) is 15.3. The molecule has 13 heteroatoms. The summed E-state index contributed by atoms with van der Waals surface area (Å²) in [5.41, 5.74) is 0.555. The van der Waals surface area contributed by atoms with E-state index in [0.29, 0.717) is 5.56 Å². The predicted molar refractivity (Wildman–Crippen MR) is 104 cm³/mol. The third kappa shape index (κ3) is 4.83. The fourth-order valence-electron chi connectivity index (χ4n) is 3.39. The highest BCUT2D eigenvalue weighted by atomic mass is 32.2. The molecule has 0 atom stereocenters. The van der Waals surface area contributed by atoms with Gasteiger partial charge in [0.05, 0.1) is 22.5 Å². The number of aliphatic carboxylic acids is 1. The molecule has 1 N–H and O–H groups in total. The van der Waals surface area contributed by atoms with E-state index in [9.17, 15) is 40.3 Å². The van der Waals surface area contributed by atoms with Crippen LogP contribution in [0.25, 0.3) is 11.3 Å². The summed E-state index contributed by atoms with van der Waals surface area (Å²) in [7, 11) is -4.24. The molecule has 0 bridgehead atoms. The quantitative estimate of drug-likeness (QED) is 0.586. The van der Waals surface area contributed by atoms with Crippen molar-refractivity contribution in [3.63, 3.8) is 0 Å². The Balaban J connectivity index is 1.77. The number of carboxylic acids is 1. The molecule has 1 saturated heterocycles. The van der Waals surface area contributed by atoms with Crippen molar-refractivity contribution >= 4 is 15.8 Å². The van der Waals surface area contributed by atoms with Crippen LogP contribution in [-0.2, 0) is 25.8 Å². The second-order valence-electron chi connectivity index (χ2n) is 7.53. The molecule has 33 heavy (non-hydrogen) atoms. The summed E-state index contributed by atoms with van der Waals surface area (Å²) in [6.45, 7) is 0.000902. The molecule has 7 nitrogen and oxygen atoms in total. The van der Waals surface area contributed by atoms with Gasteiger partial charge in [-0.05, 0) is 18.6 Å². The van der Waals surface area contributed by atoms with Crippen molar-refractivity contribution in [3.05, 3.63) is 42.4 Å². The van der Waals surface area contributed by atoms with E-state index < -0.39 is 45.5 Å². The van der Waals surface area contributed by atoms with Crippen LogP contribution < -0.4 is 0 Å². The highest BCUT2D eigenvalue weighted by molar-refractivity contribution is 7.93. The number of aromatic nitrogens is 2. The Labute approximate surface area is 185 Å². The fourth-order valence-corrected chi connectivity index (χ4v) is 5.27. The number of rotatable bonds is 7. The lowest BCUT2D eigenvalue weighted by Crippen LogP contribution is -2.50. The summed E-state index contributed by atoms with van der Waals surface area (Å²) in [4.78, 5) is 19.5. The number of halogens is 5. The smallest absolute Gasteiger partial charge is 0.453 e. The van der Waals surface area contributed by atoms with Gasteiger partial charge in [0.2, 0.25) is 0 Å². The first-order valence-corrected chi connectivity index (χ1v) is 11.2. The highest BCUT2D eigenvalue weighted by Gasteiger charge is 2.56. The number of aryl methyl sites for hydroxylation is 1. The molecule has 3 rings (SSSR count). The Morgan fingerprint density at radius 1 is 1.03 bits per heavy atom. The predicted octanol–water partition coefficient (Wildman–Crippen LogP) is 3.68. The largest absolute Gasteiger partial charge is 0.480 e. The first-order valence-electron chi connectivity index (χ1n) is 9.72. The van der Waals surface area contributed by atoms with Crippen LogP contribution in [0.3, 0.4) is 0 Å². The van der Waals surface area contributed by atoms with Gasteiger partial charge in [0.1, 0.15) is 0 Å². The van der Waals surface area contributed by atoms with Gasteiger partial charge in [0.15, 0.2) is 14.6 Å². The number of ether oxygens (including phenoxy) is 1. The molecule has 0 radical (unpaired) electrons. The molecular formula is C20H19F5N2O5S. The maximum Gasteiger partial charge on any atom is 0.453 e. The fraction of sp³-hybridized carbons (Fsp3) is 0.450. The highest BCUT2D eigenvalue weighted by Crippen LogP contribution is 2.39. The lowest BCUT2D eigenvalue weighted by molar-refractivity contribution is -0.284. The van der Waals surface area contributed by atoms with E-state index in [1.807, 2.05) is 0 Å². The van der Waals surface area contributed by atoms with Crippen LogP contribution in [0.5, 0.6) is 0 Å². The van der Waals surface area contributed by atoms with Crippen LogP contribution in [-0.4, -0.2) is 59.5 Å². The third-order valence-corrected chi connectivity index (χ3v) is 7.98. The molecule has 1 aliphatic heterocycles. The van der Waals surface area contributed by atoms with Crippen LogP contribution in [0.2, 0.25) is 0 Å². The summed E-state index contributed by atoms with van der Waals surface area (Å²) < 4.78 is 92.1. The molecule has 1 aliphatic rings.